The summed E-state index contributed by atoms with van der Waals surface area (Å²) in [7, 11) is 0. The molecular weight excluding hydrogens is 293 g/mol. The first-order chi connectivity index (χ1) is 10.5. The topological polar surface area (TPSA) is 45.7 Å². The molecule has 1 amide bonds. The molecule has 1 atom stereocenters. The minimum absolute atomic E-state index is 0.0362. The van der Waals surface area contributed by atoms with Gasteiger partial charge in [0.25, 0.3) is 5.91 Å². The van der Waals surface area contributed by atoms with E-state index in [0.717, 1.165) is 17.7 Å². The van der Waals surface area contributed by atoms with E-state index < -0.39 is 23.4 Å². The maximum Gasteiger partial charge on any atom is 0.279 e. The van der Waals surface area contributed by atoms with E-state index >= 15 is 0 Å². The molecule has 6 heteroatoms. The van der Waals surface area contributed by atoms with Crippen molar-refractivity contribution in [3.05, 3.63) is 65.5 Å². The van der Waals surface area contributed by atoms with Crippen molar-refractivity contribution in [3.63, 3.8) is 0 Å². The van der Waals surface area contributed by atoms with Gasteiger partial charge in [-0.05, 0) is 19.1 Å². The number of amides is 1. The summed E-state index contributed by atoms with van der Waals surface area (Å²) in [6, 6.07) is 11.4. The maximum absolute atomic E-state index is 13.4. The maximum atomic E-state index is 13.4. The number of anilines is 1. The molecule has 0 aliphatic heterocycles. The van der Waals surface area contributed by atoms with E-state index in [9.17, 15) is 18.0 Å². The zero-order valence-electron chi connectivity index (χ0n) is 11.9. The van der Waals surface area contributed by atoms with Gasteiger partial charge in [0.1, 0.15) is 6.04 Å². The van der Waals surface area contributed by atoms with E-state index in [-0.39, 0.29) is 18.3 Å². The monoisotopic (exact) mass is 309 g/mol. The zero-order valence-corrected chi connectivity index (χ0v) is 11.9. The summed E-state index contributed by atoms with van der Waals surface area (Å²) in [6.07, 6.45) is 0. The Bertz CT molecular complexity index is 662. The fourth-order valence-electron chi connectivity index (χ4n) is 2.00. The number of halogens is 3. The molecule has 2 aromatic carbocycles. The van der Waals surface area contributed by atoms with Gasteiger partial charge in [-0.25, -0.2) is 13.2 Å². The molecule has 0 spiro atoms. The smallest absolute Gasteiger partial charge is 0.279 e. The SMILES string of the molecule is C[C@@H]([NH2+]CC(=O)Nc1ccc(F)c(F)c1F)c1ccccc1. The first-order valence-corrected chi connectivity index (χ1v) is 6.80. The Morgan fingerprint density at radius 1 is 1.09 bits per heavy atom. The van der Waals surface area contributed by atoms with Crippen molar-refractivity contribution in [1.29, 1.82) is 0 Å². The van der Waals surface area contributed by atoms with Crippen molar-refractivity contribution in [3.8, 4) is 0 Å². The second-order valence-electron chi connectivity index (χ2n) is 4.91. The molecule has 0 unspecified atom stereocenters. The number of carbonyl (C=O) groups is 1. The van der Waals surface area contributed by atoms with Crippen LogP contribution in [-0.4, -0.2) is 12.5 Å². The van der Waals surface area contributed by atoms with Crippen molar-refractivity contribution in [2.24, 2.45) is 0 Å². The molecule has 0 aromatic heterocycles. The van der Waals surface area contributed by atoms with Gasteiger partial charge in [-0.1, -0.05) is 30.3 Å². The van der Waals surface area contributed by atoms with Gasteiger partial charge in [-0.2, -0.15) is 0 Å². The van der Waals surface area contributed by atoms with E-state index in [4.69, 9.17) is 0 Å². The summed E-state index contributed by atoms with van der Waals surface area (Å²) >= 11 is 0. The Morgan fingerprint density at radius 3 is 2.45 bits per heavy atom. The van der Waals surface area contributed by atoms with Gasteiger partial charge < -0.3 is 10.6 Å². The number of carbonyl (C=O) groups excluding carboxylic acids is 1. The second kappa shape index (κ2) is 7.09. The molecule has 116 valence electrons. The van der Waals surface area contributed by atoms with Crippen LogP contribution in [0.3, 0.4) is 0 Å². The third-order valence-electron chi connectivity index (χ3n) is 3.29. The molecule has 0 aliphatic rings. The van der Waals surface area contributed by atoms with Crippen LogP contribution in [0.4, 0.5) is 18.9 Å². The zero-order chi connectivity index (χ0) is 16.1. The summed E-state index contributed by atoms with van der Waals surface area (Å²) < 4.78 is 39.3. The lowest BCUT2D eigenvalue weighted by Gasteiger charge is -2.11. The van der Waals surface area contributed by atoms with E-state index in [1.54, 1.807) is 5.32 Å². The number of nitrogens with two attached hydrogens (primary N) is 1. The predicted molar refractivity (Wildman–Crippen MR) is 76.6 cm³/mol. The van der Waals surface area contributed by atoms with Gasteiger partial charge in [0.2, 0.25) is 0 Å². The fraction of sp³-hybridized carbons (Fsp3) is 0.188. The summed E-state index contributed by atoms with van der Waals surface area (Å²) in [5, 5.41) is 4.00. The van der Waals surface area contributed by atoms with Crippen molar-refractivity contribution < 1.29 is 23.3 Å². The Hall–Kier alpha value is -2.34. The minimum atomic E-state index is -1.60. The van der Waals surface area contributed by atoms with Gasteiger partial charge in [-0.3, -0.25) is 4.79 Å². The lowest BCUT2D eigenvalue weighted by molar-refractivity contribution is -0.682. The van der Waals surface area contributed by atoms with Gasteiger partial charge in [-0.15, -0.1) is 0 Å². The normalized spacial score (nSPS) is 12.0. The highest BCUT2D eigenvalue weighted by molar-refractivity contribution is 5.91. The summed E-state index contributed by atoms with van der Waals surface area (Å²) in [5.41, 5.74) is 0.680. The van der Waals surface area contributed by atoms with Gasteiger partial charge >= 0.3 is 0 Å². The van der Waals surface area contributed by atoms with E-state index in [1.165, 1.54) is 0 Å². The van der Waals surface area contributed by atoms with Crippen molar-refractivity contribution in [2.75, 3.05) is 11.9 Å². The Morgan fingerprint density at radius 2 is 1.77 bits per heavy atom. The van der Waals surface area contributed by atoms with Crippen molar-refractivity contribution >= 4 is 11.6 Å². The first-order valence-electron chi connectivity index (χ1n) is 6.80. The highest BCUT2D eigenvalue weighted by atomic mass is 19.2. The molecule has 3 nitrogen and oxygen atoms in total. The Labute approximate surface area is 126 Å². The van der Waals surface area contributed by atoms with Crippen LogP contribution in [0.5, 0.6) is 0 Å². The van der Waals surface area contributed by atoms with E-state index in [1.807, 2.05) is 37.3 Å². The highest BCUT2D eigenvalue weighted by Gasteiger charge is 2.16. The molecule has 0 saturated heterocycles. The average Bonchev–Trinajstić information content (AvgIpc) is 2.54. The quantitative estimate of drug-likeness (QED) is 0.818. The first kappa shape index (κ1) is 16.0. The summed E-state index contributed by atoms with van der Waals surface area (Å²) in [5.74, 6) is -4.78. The van der Waals surface area contributed by atoms with E-state index in [0.29, 0.717) is 0 Å². The van der Waals surface area contributed by atoms with Crippen LogP contribution < -0.4 is 10.6 Å². The molecule has 2 rings (SSSR count). The summed E-state index contributed by atoms with van der Waals surface area (Å²) in [4.78, 5) is 11.8. The van der Waals surface area contributed by atoms with Crippen molar-refractivity contribution in [1.82, 2.24) is 0 Å². The van der Waals surface area contributed by atoms with Gasteiger partial charge in [0.05, 0.1) is 5.69 Å². The number of rotatable bonds is 5. The lowest BCUT2D eigenvalue weighted by atomic mass is 10.1. The number of hydrogen-bond donors (Lipinski definition) is 2. The molecule has 2 aromatic rings. The molecule has 22 heavy (non-hydrogen) atoms. The number of benzene rings is 2. The molecule has 0 heterocycles. The van der Waals surface area contributed by atoms with Crippen molar-refractivity contribution in [2.45, 2.75) is 13.0 Å². The lowest BCUT2D eigenvalue weighted by Crippen LogP contribution is -2.86. The van der Waals surface area contributed by atoms with Crippen LogP contribution in [0.1, 0.15) is 18.5 Å². The molecule has 0 bridgehead atoms. The Balaban J connectivity index is 1.92. The molecule has 0 saturated carbocycles. The minimum Gasteiger partial charge on any atom is -0.333 e. The Kier molecular flexibility index (Phi) is 5.16. The van der Waals surface area contributed by atoms with Crippen LogP contribution in [0.15, 0.2) is 42.5 Å². The molecule has 3 N–H and O–H groups in total. The standard InChI is InChI=1S/C16H15F3N2O/c1-10(11-5-3-2-4-6-11)20-9-14(22)21-13-8-7-12(17)15(18)16(13)19/h2-8,10,20H,9H2,1H3,(H,21,22)/p+1/t10-/m1/s1. The fourth-order valence-corrected chi connectivity index (χ4v) is 2.00. The van der Waals surface area contributed by atoms with Gasteiger partial charge in [0, 0.05) is 5.56 Å². The highest BCUT2D eigenvalue weighted by Crippen LogP contribution is 2.19. The van der Waals surface area contributed by atoms with Crippen LogP contribution in [0, 0.1) is 17.5 Å². The van der Waals surface area contributed by atoms with Crippen LogP contribution in [-0.2, 0) is 4.79 Å². The molecule has 0 fully saturated rings. The summed E-state index contributed by atoms with van der Waals surface area (Å²) in [6.45, 7) is 1.97. The molecular formula is C16H16F3N2O+. The van der Waals surface area contributed by atoms with Crippen LogP contribution in [0.25, 0.3) is 0 Å². The average molecular weight is 309 g/mol. The number of nitrogens with one attached hydrogen (secondary N) is 1. The van der Waals surface area contributed by atoms with E-state index in [2.05, 4.69) is 5.32 Å². The number of hydrogen-bond acceptors (Lipinski definition) is 1. The molecule has 0 aliphatic carbocycles. The van der Waals surface area contributed by atoms with Crippen LogP contribution in [0.2, 0.25) is 0 Å². The number of quaternary nitrogens is 1. The van der Waals surface area contributed by atoms with Gasteiger partial charge in [0.15, 0.2) is 24.0 Å². The molecule has 0 radical (unpaired) electrons. The third-order valence-corrected chi connectivity index (χ3v) is 3.29. The third kappa shape index (κ3) is 3.85. The largest absolute Gasteiger partial charge is 0.333 e. The second-order valence-corrected chi connectivity index (χ2v) is 4.91. The predicted octanol–water partition coefficient (Wildman–Crippen LogP) is 2.37. The van der Waals surface area contributed by atoms with Crippen LogP contribution >= 0.6 is 0 Å².